The zero-order chi connectivity index (χ0) is 11.3. The van der Waals surface area contributed by atoms with Crippen molar-refractivity contribution in [3.8, 4) is 5.75 Å². The molecule has 0 saturated carbocycles. The standard InChI is InChI=1S/C14H17O/c1-5-11(4)13-10-8-9-12(6-2)14(13)15-7-3/h5-6,8-10H,1-2,7H2,3-4H3. The topological polar surface area (TPSA) is 9.23 Å². The second kappa shape index (κ2) is 5.40. The van der Waals surface area contributed by atoms with Gasteiger partial charge in [-0.25, -0.2) is 0 Å². The Morgan fingerprint density at radius 3 is 2.67 bits per heavy atom. The smallest absolute Gasteiger partial charge is 0.130 e. The molecule has 79 valence electrons. The van der Waals surface area contributed by atoms with Gasteiger partial charge in [-0.05, 0) is 6.92 Å². The maximum atomic E-state index is 5.64. The molecule has 0 spiro atoms. The Morgan fingerprint density at radius 2 is 2.13 bits per heavy atom. The molecule has 0 amide bonds. The Morgan fingerprint density at radius 1 is 1.40 bits per heavy atom. The van der Waals surface area contributed by atoms with Crippen LogP contribution in [0.3, 0.4) is 0 Å². The Kier molecular flexibility index (Phi) is 4.17. The van der Waals surface area contributed by atoms with Gasteiger partial charge in [0, 0.05) is 17.0 Å². The highest BCUT2D eigenvalue weighted by Crippen LogP contribution is 2.31. The van der Waals surface area contributed by atoms with Crippen LogP contribution in [0.1, 0.15) is 25.0 Å². The van der Waals surface area contributed by atoms with Crippen molar-refractivity contribution in [3.05, 3.63) is 54.5 Å². The van der Waals surface area contributed by atoms with Gasteiger partial charge in [0.1, 0.15) is 5.75 Å². The molecule has 1 heteroatoms. The summed E-state index contributed by atoms with van der Waals surface area (Å²) >= 11 is 0. The van der Waals surface area contributed by atoms with E-state index in [0.717, 1.165) is 22.8 Å². The third-order valence-electron chi connectivity index (χ3n) is 2.29. The molecule has 1 radical (unpaired) electrons. The summed E-state index contributed by atoms with van der Waals surface area (Å²) in [6.07, 6.45) is 3.65. The number of hydrogen-bond acceptors (Lipinski definition) is 1. The number of allylic oxidation sites excluding steroid dienone is 1. The van der Waals surface area contributed by atoms with Crippen LogP contribution >= 0.6 is 0 Å². The number of para-hydroxylation sites is 1. The molecule has 0 fully saturated rings. The molecular weight excluding hydrogens is 184 g/mol. The van der Waals surface area contributed by atoms with Crippen LogP contribution in [0.4, 0.5) is 0 Å². The molecule has 0 aliphatic rings. The zero-order valence-corrected chi connectivity index (χ0v) is 9.42. The lowest BCUT2D eigenvalue weighted by atomic mass is 9.97. The van der Waals surface area contributed by atoms with Crippen molar-refractivity contribution in [2.45, 2.75) is 13.8 Å². The van der Waals surface area contributed by atoms with Crippen LogP contribution in [-0.2, 0) is 0 Å². The summed E-state index contributed by atoms with van der Waals surface area (Å²) < 4.78 is 5.64. The van der Waals surface area contributed by atoms with Gasteiger partial charge in [-0.3, -0.25) is 0 Å². The van der Waals surface area contributed by atoms with Gasteiger partial charge >= 0.3 is 0 Å². The van der Waals surface area contributed by atoms with Crippen LogP contribution in [0.25, 0.3) is 6.08 Å². The molecule has 0 atom stereocenters. The lowest BCUT2D eigenvalue weighted by molar-refractivity contribution is 0.337. The van der Waals surface area contributed by atoms with Crippen LogP contribution in [0, 0.1) is 5.92 Å². The van der Waals surface area contributed by atoms with E-state index in [1.54, 1.807) is 0 Å². The summed E-state index contributed by atoms with van der Waals surface area (Å²) in [5.74, 6) is 2.01. The monoisotopic (exact) mass is 201 g/mol. The molecule has 1 aromatic carbocycles. The fourth-order valence-electron chi connectivity index (χ4n) is 1.44. The minimum Gasteiger partial charge on any atom is -0.493 e. The fraction of sp³-hybridized carbons (Fsp3) is 0.214. The average molecular weight is 201 g/mol. The van der Waals surface area contributed by atoms with Crippen LogP contribution in [-0.4, -0.2) is 6.61 Å². The SMILES string of the molecule is C=C[C](C)c1cccc(C=C)c1OCC. The van der Waals surface area contributed by atoms with Crippen molar-refractivity contribution >= 4 is 6.08 Å². The molecule has 0 unspecified atom stereocenters. The predicted octanol–water partition coefficient (Wildman–Crippen LogP) is 3.86. The van der Waals surface area contributed by atoms with E-state index in [9.17, 15) is 0 Å². The van der Waals surface area contributed by atoms with E-state index in [1.165, 1.54) is 0 Å². The van der Waals surface area contributed by atoms with Gasteiger partial charge in [0.05, 0.1) is 6.61 Å². The molecular formula is C14H17O. The van der Waals surface area contributed by atoms with Gasteiger partial charge in [-0.2, -0.15) is 0 Å². The van der Waals surface area contributed by atoms with E-state index in [-0.39, 0.29) is 0 Å². The number of ether oxygens (including phenoxy) is 1. The Labute approximate surface area is 92.1 Å². The Balaban J connectivity index is 3.23. The summed E-state index contributed by atoms with van der Waals surface area (Å²) in [5, 5.41) is 0. The fourth-order valence-corrected chi connectivity index (χ4v) is 1.44. The predicted molar refractivity (Wildman–Crippen MR) is 65.9 cm³/mol. The van der Waals surface area contributed by atoms with Crippen LogP contribution < -0.4 is 4.74 Å². The van der Waals surface area contributed by atoms with Crippen molar-refractivity contribution in [1.29, 1.82) is 0 Å². The van der Waals surface area contributed by atoms with Crippen LogP contribution in [0.15, 0.2) is 37.4 Å². The first-order valence-electron chi connectivity index (χ1n) is 5.09. The van der Waals surface area contributed by atoms with Gasteiger partial charge in [-0.1, -0.05) is 43.9 Å². The second-order valence-electron chi connectivity index (χ2n) is 3.25. The Hall–Kier alpha value is -1.50. The van der Waals surface area contributed by atoms with Crippen LogP contribution in [0.2, 0.25) is 0 Å². The van der Waals surface area contributed by atoms with Crippen molar-refractivity contribution in [2.24, 2.45) is 0 Å². The lowest BCUT2D eigenvalue weighted by Gasteiger charge is -2.15. The molecule has 15 heavy (non-hydrogen) atoms. The normalized spacial score (nSPS) is 10.1. The van der Waals surface area contributed by atoms with E-state index in [1.807, 2.05) is 44.2 Å². The highest BCUT2D eigenvalue weighted by molar-refractivity contribution is 5.62. The second-order valence-corrected chi connectivity index (χ2v) is 3.25. The quantitative estimate of drug-likeness (QED) is 0.703. The van der Waals surface area contributed by atoms with Crippen molar-refractivity contribution < 1.29 is 4.74 Å². The van der Waals surface area contributed by atoms with Crippen molar-refractivity contribution in [2.75, 3.05) is 6.61 Å². The van der Waals surface area contributed by atoms with Crippen molar-refractivity contribution in [1.82, 2.24) is 0 Å². The van der Waals surface area contributed by atoms with Gasteiger partial charge in [0.15, 0.2) is 0 Å². The summed E-state index contributed by atoms with van der Waals surface area (Å²) in [6.45, 7) is 12.2. The first kappa shape index (κ1) is 11.6. The summed E-state index contributed by atoms with van der Waals surface area (Å²) in [7, 11) is 0. The van der Waals surface area contributed by atoms with E-state index >= 15 is 0 Å². The minimum atomic E-state index is 0.655. The third kappa shape index (κ3) is 2.50. The molecule has 1 nitrogen and oxygen atoms in total. The zero-order valence-electron chi connectivity index (χ0n) is 9.42. The summed E-state index contributed by atoms with van der Waals surface area (Å²) in [5.41, 5.74) is 2.11. The Bertz CT molecular complexity index is 352. The number of hydrogen-bond donors (Lipinski definition) is 0. The maximum Gasteiger partial charge on any atom is 0.130 e. The summed E-state index contributed by atoms with van der Waals surface area (Å²) in [4.78, 5) is 0. The molecule has 1 rings (SSSR count). The van der Waals surface area contributed by atoms with E-state index in [2.05, 4.69) is 13.2 Å². The average Bonchev–Trinajstić information content (AvgIpc) is 2.28. The van der Waals surface area contributed by atoms with Gasteiger partial charge in [-0.15, -0.1) is 6.58 Å². The van der Waals surface area contributed by atoms with E-state index in [0.29, 0.717) is 6.61 Å². The van der Waals surface area contributed by atoms with Gasteiger partial charge in [0.25, 0.3) is 0 Å². The van der Waals surface area contributed by atoms with Gasteiger partial charge < -0.3 is 4.74 Å². The van der Waals surface area contributed by atoms with E-state index < -0.39 is 0 Å². The van der Waals surface area contributed by atoms with Crippen LogP contribution in [0.5, 0.6) is 5.75 Å². The molecule has 0 saturated heterocycles. The number of rotatable bonds is 5. The summed E-state index contributed by atoms with van der Waals surface area (Å²) in [6, 6.07) is 6.04. The highest BCUT2D eigenvalue weighted by atomic mass is 16.5. The highest BCUT2D eigenvalue weighted by Gasteiger charge is 2.11. The molecule has 1 aromatic rings. The molecule has 0 N–H and O–H groups in total. The van der Waals surface area contributed by atoms with E-state index in [4.69, 9.17) is 4.74 Å². The minimum absolute atomic E-state index is 0.655. The molecule has 0 aliphatic heterocycles. The third-order valence-corrected chi connectivity index (χ3v) is 2.29. The largest absolute Gasteiger partial charge is 0.493 e. The first-order chi connectivity index (χ1) is 7.24. The number of benzene rings is 1. The molecule has 0 aliphatic carbocycles. The van der Waals surface area contributed by atoms with Crippen molar-refractivity contribution in [3.63, 3.8) is 0 Å². The van der Waals surface area contributed by atoms with Gasteiger partial charge in [0.2, 0.25) is 0 Å². The lowest BCUT2D eigenvalue weighted by Crippen LogP contribution is -2.01. The molecule has 0 heterocycles. The maximum absolute atomic E-state index is 5.64. The molecule has 0 bridgehead atoms. The molecule has 0 aromatic heterocycles. The first-order valence-corrected chi connectivity index (χ1v) is 5.09.